The average Bonchev–Trinajstić information content (AvgIpc) is 2.56. The minimum absolute atomic E-state index is 0.0194. The first-order chi connectivity index (χ1) is 9.10. The minimum Gasteiger partial charge on any atom is -0.481 e. The summed E-state index contributed by atoms with van der Waals surface area (Å²) < 4.78 is 45.5. The molecule has 0 aromatic carbocycles. The van der Waals surface area contributed by atoms with E-state index in [1.54, 1.807) is 0 Å². The molecule has 2 rings (SSSR count). The predicted octanol–water partition coefficient (Wildman–Crippen LogP) is 1.53. The standard InChI is InChI=1S/C12H17BFNO3/c1-11(2)12(3,4)18-13(17-11)9-6-8(14)7-10(15-9)16-5/h6-7H,1-5H3/i6D,7D. The largest absolute Gasteiger partial charge is 0.514 e. The molecule has 18 heavy (non-hydrogen) atoms. The van der Waals surface area contributed by atoms with Crippen LogP contribution in [0.3, 0.4) is 0 Å². The van der Waals surface area contributed by atoms with Crippen LogP contribution in [0.5, 0.6) is 5.88 Å². The van der Waals surface area contributed by atoms with Gasteiger partial charge in [-0.25, -0.2) is 9.37 Å². The van der Waals surface area contributed by atoms with E-state index in [4.69, 9.17) is 16.8 Å². The number of hydrogen-bond acceptors (Lipinski definition) is 4. The smallest absolute Gasteiger partial charge is 0.481 e. The second-order valence-corrected chi connectivity index (χ2v) is 5.16. The SMILES string of the molecule is [2H]c1c(OC)nc(B2OC(C)(C)C(C)(C)O2)c([2H])c1F. The van der Waals surface area contributed by atoms with Gasteiger partial charge in [-0.05, 0) is 33.7 Å². The van der Waals surface area contributed by atoms with Crippen LogP contribution in [0.1, 0.15) is 30.4 Å². The summed E-state index contributed by atoms with van der Waals surface area (Å²) >= 11 is 0. The first kappa shape index (κ1) is 10.8. The first-order valence-electron chi connectivity index (χ1n) is 6.67. The third kappa shape index (κ3) is 2.22. The zero-order valence-corrected chi connectivity index (χ0v) is 11.1. The lowest BCUT2D eigenvalue weighted by Crippen LogP contribution is -2.41. The molecule has 0 aliphatic carbocycles. The Bertz CT molecular complexity index is 538. The summed E-state index contributed by atoms with van der Waals surface area (Å²) in [5, 5.41) is 0. The van der Waals surface area contributed by atoms with Gasteiger partial charge in [0, 0.05) is 6.04 Å². The molecule has 6 heteroatoms. The van der Waals surface area contributed by atoms with Gasteiger partial charge in [0.05, 0.1) is 26.6 Å². The molecule has 1 fully saturated rings. The van der Waals surface area contributed by atoms with Crippen molar-refractivity contribution in [1.29, 1.82) is 0 Å². The number of halogens is 1. The number of aromatic nitrogens is 1. The van der Waals surface area contributed by atoms with Gasteiger partial charge in [-0.2, -0.15) is 0 Å². The van der Waals surface area contributed by atoms with Crippen molar-refractivity contribution >= 4 is 12.7 Å². The molecule has 0 N–H and O–H groups in total. The van der Waals surface area contributed by atoms with Crippen molar-refractivity contribution < 1.29 is 21.2 Å². The summed E-state index contributed by atoms with van der Waals surface area (Å²) in [4.78, 5) is 3.98. The highest BCUT2D eigenvalue weighted by Gasteiger charge is 2.52. The minimum atomic E-state index is -0.999. The summed E-state index contributed by atoms with van der Waals surface area (Å²) in [6.45, 7) is 7.40. The monoisotopic (exact) mass is 255 g/mol. The van der Waals surface area contributed by atoms with E-state index >= 15 is 0 Å². The maximum Gasteiger partial charge on any atom is 0.514 e. The Morgan fingerprint density at radius 1 is 1.28 bits per heavy atom. The first-order valence-corrected chi connectivity index (χ1v) is 5.67. The Morgan fingerprint density at radius 3 is 2.33 bits per heavy atom. The molecule has 98 valence electrons. The van der Waals surface area contributed by atoms with Gasteiger partial charge in [-0.1, -0.05) is 0 Å². The second kappa shape index (κ2) is 4.21. The van der Waals surface area contributed by atoms with Gasteiger partial charge in [0.25, 0.3) is 0 Å². The number of hydrogen-bond donors (Lipinski definition) is 0. The van der Waals surface area contributed by atoms with Crippen molar-refractivity contribution in [3.63, 3.8) is 0 Å². The molecule has 0 saturated carbocycles. The Balaban J connectivity index is 2.48. The zero-order valence-electron chi connectivity index (χ0n) is 13.1. The van der Waals surface area contributed by atoms with Crippen LogP contribution in [0.2, 0.25) is 0 Å². The molecule has 0 spiro atoms. The molecule has 2 heterocycles. The van der Waals surface area contributed by atoms with E-state index in [2.05, 4.69) is 4.98 Å². The van der Waals surface area contributed by atoms with Crippen molar-refractivity contribution in [2.75, 3.05) is 7.11 Å². The van der Waals surface area contributed by atoms with E-state index in [0.29, 0.717) is 0 Å². The lowest BCUT2D eigenvalue weighted by atomic mass is 9.84. The van der Waals surface area contributed by atoms with Crippen LogP contribution in [-0.2, 0) is 9.31 Å². The van der Waals surface area contributed by atoms with Crippen LogP contribution < -0.4 is 10.3 Å². The number of nitrogens with zero attached hydrogens (tertiary/aromatic N) is 1. The third-order valence-electron chi connectivity index (χ3n) is 3.35. The van der Waals surface area contributed by atoms with Crippen LogP contribution in [0, 0.1) is 5.82 Å². The van der Waals surface area contributed by atoms with Crippen LogP contribution in [0.4, 0.5) is 4.39 Å². The maximum absolute atomic E-state index is 13.9. The molecule has 1 aliphatic rings. The van der Waals surface area contributed by atoms with Gasteiger partial charge in [0.1, 0.15) is 5.82 Å². The van der Waals surface area contributed by atoms with Gasteiger partial charge in [-0.15, -0.1) is 0 Å². The molecule has 0 amide bonds. The Hall–Kier alpha value is -1.14. The molecule has 4 nitrogen and oxygen atoms in total. The lowest BCUT2D eigenvalue weighted by molar-refractivity contribution is 0.00578. The van der Waals surface area contributed by atoms with Crippen molar-refractivity contribution in [1.82, 2.24) is 4.98 Å². The van der Waals surface area contributed by atoms with Crippen molar-refractivity contribution in [2.45, 2.75) is 38.9 Å². The second-order valence-electron chi connectivity index (χ2n) is 5.16. The topological polar surface area (TPSA) is 40.6 Å². The fourth-order valence-electron chi connectivity index (χ4n) is 1.57. The molecule has 0 unspecified atom stereocenters. The molecule has 1 aromatic rings. The van der Waals surface area contributed by atoms with E-state index in [9.17, 15) is 4.39 Å². The highest BCUT2D eigenvalue weighted by atomic mass is 19.1. The van der Waals surface area contributed by atoms with Crippen LogP contribution in [-0.4, -0.2) is 30.4 Å². The summed E-state index contributed by atoms with van der Waals surface area (Å²) in [7, 11) is 0.328. The van der Waals surface area contributed by atoms with Crippen LogP contribution in [0.15, 0.2) is 12.1 Å². The highest BCUT2D eigenvalue weighted by molar-refractivity contribution is 6.61. The molecule has 0 bridgehead atoms. The molecule has 0 radical (unpaired) electrons. The molecule has 0 atom stereocenters. The number of rotatable bonds is 2. The van der Waals surface area contributed by atoms with E-state index in [-0.39, 0.29) is 11.5 Å². The normalized spacial score (nSPS) is 22.7. The fraction of sp³-hybridized carbons (Fsp3) is 0.583. The van der Waals surface area contributed by atoms with Gasteiger partial charge in [-0.3, -0.25) is 0 Å². The Labute approximate surface area is 109 Å². The quantitative estimate of drug-likeness (QED) is 0.751. The summed E-state index contributed by atoms with van der Waals surface area (Å²) in [6.07, 6.45) is 0. The van der Waals surface area contributed by atoms with E-state index in [1.807, 2.05) is 27.7 Å². The lowest BCUT2D eigenvalue weighted by Gasteiger charge is -2.32. The summed E-state index contributed by atoms with van der Waals surface area (Å²) in [5.41, 5.74) is -1.25. The summed E-state index contributed by atoms with van der Waals surface area (Å²) in [5.74, 6) is -1.19. The maximum atomic E-state index is 13.9. The fourth-order valence-corrected chi connectivity index (χ4v) is 1.57. The summed E-state index contributed by atoms with van der Waals surface area (Å²) in [6, 6.07) is -1.05. The van der Waals surface area contributed by atoms with Gasteiger partial charge >= 0.3 is 7.12 Å². The van der Waals surface area contributed by atoms with Crippen molar-refractivity contribution in [2.24, 2.45) is 0 Å². The van der Waals surface area contributed by atoms with Crippen LogP contribution >= 0.6 is 0 Å². The van der Waals surface area contributed by atoms with E-state index in [1.165, 1.54) is 7.11 Å². The molecule has 1 saturated heterocycles. The average molecular weight is 255 g/mol. The molecule has 1 aromatic heterocycles. The van der Waals surface area contributed by atoms with Crippen molar-refractivity contribution in [3.05, 3.63) is 17.9 Å². The van der Waals surface area contributed by atoms with Gasteiger partial charge < -0.3 is 14.0 Å². The molecular weight excluding hydrogens is 236 g/mol. The van der Waals surface area contributed by atoms with E-state index in [0.717, 1.165) is 0 Å². The predicted molar refractivity (Wildman–Crippen MR) is 66.5 cm³/mol. The number of ether oxygens (including phenoxy) is 1. The zero-order chi connectivity index (χ0) is 15.3. The highest BCUT2D eigenvalue weighted by Crippen LogP contribution is 2.36. The number of pyridine rings is 1. The Morgan fingerprint density at radius 2 is 1.83 bits per heavy atom. The Kier molecular flexibility index (Phi) is 2.51. The van der Waals surface area contributed by atoms with Gasteiger partial charge in [0.15, 0.2) is 0 Å². The number of methoxy groups -OCH3 is 1. The van der Waals surface area contributed by atoms with Gasteiger partial charge in [0.2, 0.25) is 5.88 Å². The van der Waals surface area contributed by atoms with E-state index < -0.39 is 36.2 Å². The molecule has 1 aliphatic heterocycles. The van der Waals surface area contributed by atoms with Crippen LogP contribution in [0.25, 0.3) is 0 Å². The van der Waals surface area contributed by atoms with Crippen molar-refractivity contribution in [3.8, 4) is 5.88 Å². The molecular formula is C12H17BFNO3. The third-order valence-corrected chi connectivity index (χ3v) is 3.35.